The van der Waals surface area contributed by atoms with Gasteiger partial charge in [-0.05, 0) is 6.92 Å². The molecule has 0 unspecified atom stereocenters. The third kappa shape index (κ3) is 4.34. The molecule has 0 aliphatic rings. The second-order valence-electron chi connectivity index (χ2n) is 3.39. The molecule has 0 radical (unpaired) electrons. The van der Waals surface area contributed by atoms with E-state index in [0.717, 1.165) is 0 Å². The maximum atomic E-state index is 11.6. The third-order valence-electron chi connectivity index (χ3n) is 2.03. The summed E-state index contributed by atoms with van der Waals surface area (Å²) < 4.78 is 0. The number of nitrogen functional groups attached to an aromatic ring is 1. The first-order valence-electron chi connectivity index (χ1n) is 5.51. The van der Waals surface area contributed by atoms with Gasteiger partial charge in [0.15, 0.2) is 5.82 Å². The molecule has 18 heavy (non-hydrogen) atoms. The number of nitrogens with two attached hydrogens (primary N) is 1. The number of carbonyl (C=O) groups excluding carboxylic acids is 2. The molecule has 1 aromatic heterocycles. The average molecular weight is 252 g/mol. The first-order valence-corrected chi connectivity index (χ1v) is 5.51. The minimum absolute atomic E-state index is 0.110. The van der Waals surface area contributed by atoms with Crippen molar-refractivity contribution in [2.24, 2.45) is 5.84 Å². The van der Waals surface area contributed by atoms with Gasteiger partial charge in [0.25, 0.3) is 5.91 Å². The van der Waals surface area contributed by atoms with E-state index >= 15 is 0 Å². The van der Waals surface area contributed by atoms with Crippen LogP contribution in [0.25, 0.3) is 0 Å². The first kappa shape index (κ1) is 13.8. The Morgan fingerprint density at radius 3 is 2.78 bits per heavy atom. The van der Waals surface area contributed by atoms with Crippen molar-refractivity contribution in [2.75, 3.05) is 18.5 Å². The van der Waals surface area contributed by atoms with E-state index in [9.17, 15) is 9.59 Å². The lowest BCUT2D eigenvalue weighted by atomic mass is 10.3. The van der Waals surface area contributed by atoms with Crippen LogP contribution in [0.3, 0.4) is 0 Å². The minimum Gasteiger partial charge on any atom is -0.356 e. The molecule has 1 heterocycles. The van der Waals surface area contributed by atoms with E-state index in [0.29, 0.717) is 12.4 Å². The molecule has 1 rings (SSSR count). The van der Waals surface area contributed by atoms with Crippen molar-refractivity contribution in [3.05, 3.63) is 18.1 Å². The smallest absolute Gasteiger partial charge is 0.271 e. The number of rotatable bonds is 6. The van der Waals surface area contributed by atoms with Crippen LogP contribution < -0.4 is 21.9 Å². The lowest BCUT2D eigenvalue weighted by Crippen LogP contribution is -2.31. The van der Waals surface area contributed by atoms with Crippen LogP contribution >= 0.6 is 0 Å². The van der Waals surface area contributed by atoms with E-state index in [1.54, 1.807) is 0 Å². The molecule has 8 heteroatoms. The van der Waals surface area contributed by atoms with Gasteiger partial charge in [-0.1, -0.05) is 0 Å². The van der Waals surface area contributed by atoms with Gasteiger partial charge >= 0.3 is 0 Å². The SMILES string of the molecule is CCNC(=O)CCNC(=O)c1cncc(NN)n1. The van der Waals surface area contributed by atoms with Crippen molar-refractivity contribution in [1.29, 1.82) is 0 Å². The molecular weight excluding hydrogens is 236 g/mol. The average Bonchev–Trinajstić information content (AvgIpc) is 2.39. The molecule has 8 nitrogen and oxygen atoms in total. The molecule has 0 saturated carbocycles. The molecule has 5 N–H and O–H groups in total. The quantitative estimate of drug-likeness (QED) is 0.381. The molecule has 0 spiro atoms. The van der Waals surface area contributed by atoms with Crippen molar-refractivity contribution >= 4 is 17.6 Å². The standard InChI is InChI=1S/C10H16N6O2/c1-2-13-9(17)3-4-14-10(18)7-5-12-6-8(15-7)16-11/h5-6H,2-4,11H2,1H3,(H,13,17)(H,14,18)(H,15,16). The van der Waals surface area contributed by atoms with Gasteiger partial charge in [0.2, 0.25) is 5.91 Å². The number of nitrogens with one attached hydrogen (secondary N) is 3. The van der Waals surface area contributed by atoms with E-state index in [1.165, 1.54) is 12.4 Å². The fraction of sp³-hybridized carbons (Fsp3) is 0.400. The zero-order chi connectivity index (χ0) is 13.4. The number of aromatic nitrogens is 2. The van der Waals surface area contributed by atoms with Crippen LogP contribution in [0.5, 0.6) is 0 Å². The van der Waals surface area contributed by atoms with E-state index in [1.807, 2.05) is 6.92 Å². The monoisotopic (exact) mass is 252 g/mol. The molecule has 0 bridgehead atoms. The summed E-state index contributed by atoms with van der Waals surface area (Å²) in [5.74, 6) is 4.94. The molecule has 0 saturated heterocycles. The van der Waals surface area contributed by atoms with E-state index in [4.69, 9.17) is 5.84 Å². The molecule has 0 aliphatic carbocycles. The number of hydrogen-bond acceptors (Lipinski definition) is 6. The van der Waals surface area contributed by atoms with Gasteiger partial charge in [-0.2, -0.15) is 0 Å². The highest BCUT2D eigenvalue weighted by Crippen LogP contribution is 1.99. The molecule has 0 aliphatic heterocycles. The Bertz CT molecular complexity index is 423. The molecule has 2 amide bonds. The van der Waals surface area contributed by atoms with Crippen LogP contribution in [-0.2, 0) is 4.79 Å². The van der Waals surface area contributed by atoms with Gasteiger partial charge in [0.05, 0.1) is 12.4 Å². The molecular formula is C10H16N6O2. The van der Waals surface area contributed by atoms with Crippen molar-refractivity contribution in [2.45, 2.75) is 13.3 Å². The Kier molecular flexibility index (Phi) is 5.52. The van der Waals surface area contributed by atoms with Crippen molar-refractivity contribution < 1.29 is 9.59 Å². The van der Waals surface area contributed by atoms with Crippen LogP contribution in [-0.4, -0.2) is 34.9 Å². The highest BCUT2D eigenvalue weighted by Gasteiger charge is 2.08. The summed E-state index contributed by atoms with van der Waals surface area (Å²) in [6.45, 7) is 2.65. The highest BCUT2D eigenvalue weighted by atomic mass is 16.2. The fourth-order valence-electron chi connectivity index (χ4n) is 1.21. The molecule has 98 valence electrons. The second-order valence-corrected chi connectivity index (χ2v) is 3.39. The summed E-state index contributed by atoms with van der Waals surface area (Å²) in [5.41, 5.74) is 2.44. The van der Waals surface area contributed by atoms with Gasteiger partial charge in [-0.25, -0.2) is 10.8 Å². The number of hydrogen-bond donors (Lipinski definition) is 4. The Labute approximate surface area is 104 Å². The van der Waals surface area contributed by atoms with E-state index in [2.05, 4.69) is 26.0 Å². The Morgan fingerprint density at radius 2 is 2.11 bits per heavy atom. The Balaban J connectivity index is 2.42. The van der Waals surface area contributed by atoms with Crippen molar-refractivity contribution in [3.8, 4) is 0 Å². The van der Waals surface area contributed by atoms with Gasteiger partial charge in [-0.3, -0.25) is 14.6 Å². The summed E-state index contributed by atoms with van der Waals surface area (Å²) in [6, 6.07) is 0. The maximum Gasteiger partial charge on any atom is 0.271 e. The summed E-state index contributed by atoms with van der Waals surface area (Å²) in [6.07, 6.45) is 2.94. The van der Waals surface area contributed by atoms with Crippen LogP contribution in [0.2, 0.25) is 0 Å². The maximum absolute atomic E-state index is 11.6. The summed E-state index contributed by atoms with van der Waals surface area (Å²) >= 11 is 0. The van der Waals surface area contributed by atoms with Crippen LogP contribution in [0.15, 0.2) is 12.4 Å². The van der Waals surface area contributed by atoms with Gasteiger partial charge in [-0.15, -0.1) is 0 Å². The van der Waals surface area contributed by atoms with Gasteiger partial charge in [0.1, 0.15) is 5.69 Å². The first-order chi connectivity index (χ1) is 8.67. The molecule has 0 atom stereocenters. The Morgan fingerprint density at radius 1 is 1.33 bits per heavy atom. The molecule has 0 aromatic carbocycles. The minimum atomic E-state index is -0.399. The molecule has 0 fully saturated rings. The Hall–Kier alpha value is -2.22. The number of anilines is 1. The zero-order valence-corrected chi connectivity index (χ0v) is 10.1. The van der Waals surface area contributed by atoms with Gasteiger partial charge < -0.3 is 16.1 Å². The summed E-state index contributed by atoms with van der Waals surface area (Å²) in [5, 5.41) is 5.20. The van der Waals surface area contributed by atoms with E-state index in [-0.39, 0.29) is 24.6 Å². The topological polar surface area (TPSA) is 122 Å². The second kappa shape index (κ2) is 7.17. The van der Waals surface area contributed by atoms with Crippen LogP contribution in [0, 0.1) is 0 Å². The number of hydrazine groups is 1. The van der Waals surface area contributed by atoms with Crippen LogP contribution in [0.4, 0.5) is 5.82 Å². The molecule has 1 aromatic rings. The zero-order valence-electron chi connectivity index (χ0n) is 10.1. The largest absolute Gasteiger partial charge is 0.356 e. The van der Waals surface area contributed by atoms with E-state index < -0.39 is 5.91 Å². The fourth-order valence-corrected chi connectivity index (χ4v) is 1.21. The lowest BCUT2D eigenvalue weighted by molar-refractivity contribution is -0.120. The van der Waals surface area contributed by atoms with Crippen LogP contribution in [0.1, 0.15) is 23.8 Å². The summed E-state index contributed by atoms with van der Waals surface area (Å²) in [4.78, 5) is 30.5. The lowest BCUT2D eigenvalue weighted by Gasteiger charge is -2.05. The predicted molar refractivity (Wildman–Crippen MR) is 65.5 cm³/mol. The predicted octanol–water partition coefficient (Wildman–Crippen LogP) is -0.982. The number of amides is 2. The van der Waals surface area contributed by atoms with Crippen molar-refractivity contribution in [3.63, 3.8) is 0 Å². The third-order valence-corrected chi connectivity index (χ3v) is 2.03. The summed E-state index contributed by atoms with van der Waals surface area (Å²) in [7, 11) is 0. The van der Waals surface area contributed by atoms with Gasteiger partial charge in [0, 0.05) is 19.5 Å². The normalized spacial score (nSPS) is 9.67. The number of carbonyl (C=O) groups is 2. The van der Waals surface area contributed by atoms with Crippen molar-refractivity contribution in [1.82, 2.24) is 20.6 Å². The highest BCUT2D eigenvalue weighted by molar-refractivity contribution is 5.92. The number of nitrogens with zero attached hydrogens (tertiary/aromatic N) is 2.